The van der Waals surface area contributed by atoms with Gasteiger partial charge < -0.3 is 10.1 Å². The van der Waals surface area contributed by atoms with E-state index < -0.39 is 0 Å². The van der Waals surface area contributed by atoms with Gasteiger partial charge in [-0.2, -0.15) is 0 Å². The van der Waals surface area contributed by atoms with Gasteiger partial charge in [0, 0.05) is 16.7 Å². The third-order valence-electron chi connectivity index (χ3n) is 3.70. The summed E-state index contributed by atoms with van der Waals surface area (Å²) in [5.41, 5.74) is 3.07. The van der Waals surface area contributed by atoms with Crippen LogP contribution in [0.5, 0.6) is 5.75 Å². The molecule has 3 aromatic carbocycles. The zero-order chi connectivity index (χ0) is 18.5. The van der Waals surface area contributed by atoms with Crippen LogP contribution < -0.4 is 10.1 Å². The van der Waals surface area contributed by atoms with Crippen molar-refractivity contribution in [2.24, 2.45) is 0 Å². The third kappa shape index (κ3) is 5.32. The highest BCUT2D eigenvalue weighted by atomic mass is 79.9. The Morgan fingerprint density at radius 1 is 0.808 bits per heavy atom. The predicted octanol–water partition coefficient (Wildman–Crippen LogP) is 7.30. The first-order chi connectivity index (χ1) is 12.5. The van der Waals surface area contributed by atoms with Gasteiger partial charge in [-0.25, -0.2) is 4.39 Å². The minimum atomic E-state index is -0.251. The van der Waals surface area contributed by atoms with Crippen LogP contribution >= 0.6 is 47.8 Å². The van der Waals surface area contributed by atoms with E-state index in [-0.39, 0.29) is 5.82 Å². The van der Waals surface area contributed by atoms with Crippen molar-refractivity contribution < 1.29 is 9.13 Å². The lowest BCUT2D eigenvalue weighted by molar-refractivity contribution is 0.302. The summed E-state index contributed by atoms with van der Waals surface area (Å²) in [4.78, 5) is 0. The lowest BCUT2D eigenvalue weighted by Gasteiger charge is -2.13. The van der Waals surface area contributed by atoms with Crippen LogP contribution in [0.25, 0.3) is 0 Å². The fourth-order valence-electron chi connectivity index (χ4n) is 2.36. The predicted molar refractivity (Wildman–Crippen MR) is 114 cm³/mol. The number of benzene rings is 3. The highest BCUT2D eigenvalue weighted by Gasteiger charge is 2.10. The normalized spacial score (nSPS) is 10.6. The topological polar surface area (TPSA) is 21.3 Å². The molecule has 0 amide bonds. The molecule has 0 saturated carbocycles. The van der Waals surface area contributed by atoms with Crippen LogP contribution in [-0.2, 0) is 13.2 Å². The highest BCUT2D eigenvalue weighted by Crippen LogP contribution is 2.35. The van der Waals surface area contributed by atoms with Crippen LogP contribution in [0.4, 0.5) is 10.1 Å². The Balaban J connectivity index is 1.65. The fourth-order valence-corrected chi connectivity index (χ4v) is 4.13. The molecule has 0 radical (unpaired) electrons. The number of hydrogen-bond donors (Lipinski definition) is 1. The number of ether oxygens (including phenoxy) is 1. The van der Waals surface area contributed by atoms with Gasteiger partial charge in [-0.05, 0) is 91.5 Å². The third-order valence-corrected chi connectivity index (χ3v) is 5.40. The maximum absolute atomic E-state index is 13.0. The molecule has 26 heavy (non-hydrogen) atoms. The molecule has 0 aliphatic heterocycles. The Labute approximate surface area is 177 Å². The molecule has 6 heteroatoms. The second-order valence-electron chi connectivity index (χ2n) is 5.66. The Kier molecular flexibility index (Phi) is 6.73. The zero-order valence-corrected chi connectivity index (χ0v) is 18.4. The summed E-state index contributed by atoms with van der Waals surface area (Å²) in [5.74, 6) is 0.473. The lowest BCUT2D eigenvalue weighted by atomic mass is 10.2. The zero-order valence-electron chi connectivity index (χ0n) is 13.6. The van der Waals surface area contributed by atoms with E-state index in [0.29, 0.717) is 13.2 Å². The SMILES string of the molecule is Fc1ccc(COc2c(Br)cc(CNc3ccc(Br)cc3)cc2Br)cc1. The average Bonchev–Trinajstić information content (AvgIpc) is 2.62. The van der Waals surface area contributed by atoms with E-state index in [1.54, 1.807) is 12.1 Å². The Bertz CT molecular complexity index is 860. The van der Waals surface area contributed by atoms with Crippen molar-refractivity contribution in [3.05, 3.63) is 91.0 Å². The first-order valence-electron chi connectivity index (χ1n) is 7.86. The van der Waals surface area contributed by atoms with Crippen molar-refractivity contribution in [1.29, 1.82) is 0 Å². The maximum Gasteiger partial charge on any atom is 0.148 e. The number of rotatable bonds is 6. The molecular formula is C20H15Br3FNO. The number of anilines is 1. The summed E-state index contributed by atoms with van der Waals surface area (Å²) in [6, 6.07) is 18.4. The van der Waals surface area contributed by atoms with Crippen molar-refractivity contribution in [3.8, 4) is 5.75 Å². The molecule has 134 valence electrons. The quantitative estimate of drug-likeness (QED) is 0.352. The molecule has 0 aromatic heterocycles. The standard InChI is InChI=1S/C20H15Br3FNO/c21-15-3-7-17(8-4-15)25-11-14-9-18(22)20(19(23)10-14)26-12-13-1-5-16(24)6-2-13/h1-10,25H,11-12H2. The van der Waals surface area contributed by atoms with Crippen LogP contribution in [0.15, 0.2) is 74.1 Å². The fraction of sp³-hybridized carbons (Fsp3) is 0.100. The monoisotopic (exact) mass is 541 g/mol. The summed E-state index contributed by atoms with van der Waals surface area (Å²) in [5, 5.41) is 3.39. The van der Waals surface area contributed by atoms with E-state index in [0.717, 1.165) is 36.0 Å². The molecule has 0 aliphatic rings. The molecule has 2 nitrogen and oxygen atoms in total. The van der Waals surface area contributed by atoms with Crippen LogP contribution in [-0.4, -0.2) is 0 Å². The first-order valence-corrected chi connectivity index (χ1v) is 10.2. The molecule has 1 N–H and O–H groups in total. The van der Waals surface area contributed by atoms with Gasteiger partial charge >= 0.3 is 0 Å². The molecule has 0 aliphatic carbocycles. The van der Waals surface area contributed by atoms with Crippen LogP contribution in [0.2, 0.25) is 0 Å². The summed E-state index contributed by atoms with van der Waals surface area (Å²) in [6.07, 6.45) is 0. The van der Waals surface area contributed by atoms with Gasteiger partial charge in [0.05, 0.1) is 8.95 Å². The molecule has 0 bridgehead atoms. The summed E-state index contributed by atoms with van der Waals surface area (Å²) >= 11 is 10.6. The molecular weight excluding hydrogens is 529 g/mol. The minimum Gasteiger partial charge on any atom is -0.487 e. The van der Waals surface area contributed by atoms with Gasteiger partial charge in [0.25, 0.3) is 0 Å². The Hall–Kier alpha value is -1.37. The van der Waals surface area contributed by atoms with Crippen LogP contribution in [0.3, 0.4) is 0 Å². The lowest BCUT2D eigenvalue weighted by Crippen LogP contribution is -2.01. The van der Waals surface area contributed by atoms with Gasteiger partial charge in [0.2, 0.25) is 0 Å². The number of hydrogen-bond acceptors (Lipinski definition) is 2. The van der Waals surface area contributed by atoms with E-state index >= 15 is 0 Å². The minimum absolute atomic E-state index is 0.251. The number of nitrogens with one attached hydrogen (secondary N) is 1. The second-order valence-corrected chi connectivity index (χ2v) is 8.29. The van der Waals surface area contributed by atoms with Crippen LogP contribution in [0.1, 0.15) is 11.1 Å². The molecule has 0 unspecified atom stereocenters. The van der Waals surface area contributed by atoms with Crippen molar-refractivity contribution in [3.63, 3.8) is 0 Å². The van der Waals surface area contributed by atoms with Gasteiger partial charge in [-0.15, -0.1) is 0 Å². The first kappa shape index (κ1) is 19.4. The van der Waals surface area contributed by atoms with E-state index in [9.17, 15) is 4.39 Å². The van der Waals surface area contributed by atoms with E-state index in [1.165, 1.54) is 12.1 Å². The summed E-state index contributed by atoms with van der Waals surface area (Å²) in [6.45, 7) is 1.06. The van der Waals surface area contributed by atoms with Crippen LogP contribution in [0, 0.1) is 5.82 Å². The summed E-state index contributed by atoms with van der Waals surface area (Å²) < 4.78 is 21.6. The smallest absolute Gasteiger partial charge is 0.148 e. The van der Waals surface area contributed by atoms with Gasteiger partial charge in [-0.1, -0.05) is 28.1 Å². The van der Waals surface area contributed by atoms with E-state index in [2.05, 4.69) is 53.1 Å². The van der Waals surface area contributed by atoms with Crippen molar-refractivity contribution in [2.75, 3.05) is 5.32 Å². The summed E-state index contributed by atoms with van der Waals surface area (Å²) in [7, 11) is 0. The number of halogens is 4. The Morgan fingerprint density at radius 3 is 2.04 bits per heavy atom. The highest BCUT2D eigenvalue weighted by molar-refractivity contribution is 9.11. The molecule has 0 atom stereocenters. The van der Waals surface area contributed by atoms with Gasteiger partial charge in [-0.3, -0.25) is 0 Å². The maximum atomic E-state index is 13.0. The largest absolute Gasteiger partial charge is 0.487 e. The molecule has 0 spiro atoms. The molecule has 3 rings (SSSR count). The molecule has 0 heterocycles. The molecule has 0 fully saturated rings. The van der Waals surface area contributed by atoms with Crippen molar-refractivity contribution in [2.45, 2.75) is 13.2 Å². The average molecular weight is 544 g/mol. The Morgan fingerprint density at radius 2 is 1.42 bits per heavy atom. The van der Waals surface area contributed by atoms with Gasteiger partial charge in [0.1, 0.15) is 18.2 Å². The van der Waals surface area contributed by atoms with Crippen molar-refractivity contribution in [1.82, 2.24) is 0 Å². The van der Waals surface area contributed by atoms with Crippen molar-refractivity contribution >= 4 is 53.5 Å². The molecule has 0 saturated heterocycles. The van der Waals surface area contributed by atoms with Gasteiger partial charge in [0.15, 0.2) is 0 Å². The second kappa shape index (κ2) is 9.02. The van der Waals surface area contributed by atoms with E-state index in [1.807, 2.05) is 36.4 Å². The molecule has 3 aromatic rings. The van der Waals surface area contributed by atoms with E-state index in [4.69, 9.17) is 4.74 Å².